The van der Waals surface area contributed by atoms with Crippen molar-refractivity contribution in [3.05, 3.63) is 76.7 Å². The molecule has 0 spiro atoms. The average Bonchev–Trinajstić information content (AvgIpc) is 3.41. The predicted octanol–water partition coefficient (Wildman–Crippen LogP) is 4.15. The predicted molar refractivity (Wildman–Crippen MR) is 123 cm³/mol. The van der Waals surface area contributed by atoms with Gasteiger partial charge in [-0.15, -0.1) is 11.3 Å². The fourth-order valence-corrected chi connectivity index (χ4v) is 4.80. The molecule has 2 atom stereocenters. The summed E-state index contributed by atoms with van der Waals surface area (Å²) in [6, 6.07) is 17.3. The van der Waals surface area contributed by atoms with Crippen molar-refractivity contribution in [3.63, 3.8) is 0 Å². The zero-order valence-electron chi connectivity index (χ0n) is 16.4. The van der Waals surface area contributed by atoms with E-state index in [2.05, 4.69) is 32.0 Å². The van der Waals surface area contributed by atoms with Crippen LogP contribution in [0.1, 0.15) is 29.1 Å². The maximum atomic E-state index is 12.6. The lowest BCUT2D eigenvalue weighted by Crippen LogP contribution is -2.32. The second-order valence-corrected chi connectivity index (χ2v) is 8.20. The molecule has 1 amide bonds. The molecule has 1 aromatic carbocycles. The van der Waals surface area contributed by atoms with Crippen LogP contribution < -0.4 is 15.4 Å². The van der Waals surface area contributed by atoms with E-state index in [1.165, 1.54) is 4.88 Å². The van der Waals surface area contributed by atoms with Gasteiger partial charge in [0, 0.05) is 24.0 Å². The minimum Gasteiger partial charge on any atom is -0.495 e. The number of thiophene rings is 1. The highest BCUT2D eigenvalue weighted by Gasteiger charge is 2.40. The van der Waals surface area contributed by atoms with Crippen LogP contribution >= 0.6 is 23.6 Å². The van der Waals surface area contributed by atoms with Crippen molar-refractivity contribution in [2.45, 2.75) is 18.5 Å². The highest BCUT2D eigenvalue weighted by molar-refractivity contribution is 7.80. The number of benzene rings is 1. The van der Waals surface area contributed by atoms with Crippen molar-refractivity contribution in [3.8, 4) is 5.75 Å². The van der Waals surface area contributed by atoms with E-state index in [-0.39, 0.29) is 18.0 Å². The smallest absolute Gasteiger partial charge is 0.226 e. The van der Waals surface area contributed by atoms with Crippen molar-refractivity contribution >= 4 is 40.3 Å². The van der Waals surface area contributed by atoms with Gasteiger partial charge in [-0.25, -0.2) is 0 Å². The Bertz CT molecular complexity index is 1010. The molecule has 2 N–H and O–H groups in total. The average molecular weight is 439 g/mol. The van der Waals surface area contributed by atoms with Gasteiger partial charge in [-0.05, 0) is 47.9 Å². The molecule has 4 rings (SSSR count). The van der Waals surface area contributed by atoms with Gasteiger partial charge in [-0.2, -0.15) is 0 Å². The number of amides is 1. The van der Waals surface area contributed by atoms with Crippen LogP contribution in [0, 0.1) is 0 Å². The van der Waals surface area contributed by atoms with Gasteiger partial charge >= 0.3 is 0 Å². The fraction of sp³-hybridized carbons (Fsp3) is 0.227. The number of aromatic nitrogens is 1. The van der Waals surface area contributed by atoms with Crippen LogP contribution in [0.3, 0.4) is 0 Å². The second-order valence-electron chi connectivity index (χ2n) is 6.83. The molecule has 0 aliphatic carbocycles. The number of carbonyl (C=O) groups excluding carboxylic acids is 1. The normalized spacial score (nSPS) is 18.2. The van der Waals surface area contributed by atoms with Crippen LogP contribution in [0.25, 0.3) is 0 Å². The number of methoxy groups -OCH3 is 1. The Balaban J connectivity index is 1.49. The highest BCUT2D eigenvalue weighted by atomic mass is 32.1. The number of thiocarbonyl (C=S) groups is 1. The Morgan fingerprint density at radius 1 is 1.23 bits per heavy atom. The standard InChI is InChI=1S/C22H22N4O2S2/c1-28-17-9-3-2-7-15(17)24-19(27)11-13-26-21(18-10-6-14-30-18)20(25-22(26)29)16-8-4-5-12-23-16/h2-10,12,14,20-21H,11,13H2,1H3,(H,24,27)(H,25,29)/t20-,21+/m0/s1. The molecule has 0 saturated carbocycles. The molecule has 1 saturated heterocycles. The van der Waals surface area contributed by atoms with Gasteiger partial charge in [0.15, 0.2) is 5.11 Å². The molecule has 3 aromatic rings. The number of carbonyl (C=O) groups is 1. The highest BCUT2D eigenvalue weighted by Crippen LogP contribution is 2.40. The van der Waals surface area contributed by atoms with Gasteiger partial charge in [0.05, 0.1) is 30.6 Å². The lowest BCUT2D eigenvalue weighted by atomic mass is 10.0. The van der Waals surface area contributed by atoms with Crippen molar-refractivity contribution < 1.29 is 9.53 Å². The molecule has 1 aliphatic rings. The first-order valence-corrected chi connectivity index (χ1v) is 10.9. The van der Waals surface area contributed by atoms with E-state index in [1.807, 2.05) is 48.5 Å². The van der Waals surface area contributed by atoms with Gasteiger partial charge < -0.3 is 20.3 Å². The number of hydrogen-bond donors (Lipinski definition) is 2. The number of nitrogens with zero attached hydrogens (tertiary/aromatic N) is 2. The van der Waals surface area contributed by atoms with Gasteiger partial charge in [0.2, 0.25) is 5.91 Å². The zero-order chi connectivity index (χ0) is 20.9. The molecule has 0 unspecified atom stereocenters. The number of pyridine rings is 1. The molecular weight excluding hydrogens is 416 g/mol. The molecule has 154 valence electrons. The monoisotopic (exact) mass is 438 g/mol. The van der Waals surface area contributed by atoms with Crippen LogP contribution in [0.15, 0.2) is 66.2 Å². The summed E-state index contributed by atoms with van der Waals surface area (Å²) >= 11 is 7.31. The fourth-order valence-electron chi connectivity index (χ4n) is 3.60. The summed E-state index contributed by atoms with van der Waals surface area (Å²) in [5, 5.41) is 9.02. The first-order chi connectivity index (χ1) is 14.7. The second kappa shape index (κ2) is 9.23. The SMILES string of the molecule is COc1ccccc1NC(=O)CCN1C(=S)N[C@@H](c2ccccn2)[C@H]1c1cccs1. The first kappa shape index (κ1) is 20.3. The van der Waals surface area contributed by atoms with Crippen LogP contribution in [0.5, 0.6) is 5.75 Å². The van der Waals surface area contributed by atoms with E-state index in [0.29, 0.717) is 29.5 Å². The van der Waals surface area contributed by atoms with E-state index in [1.54, 1.807) is 24.6 Å². The number of hydrogen-bond acceptors (Lipinski definition) is 5. The van der Waals surface area contributed by atoms with Crippen LogP contribution in [-0.4, -0.2) is 34.6 Å². The molecule has 30 heavy (non-hydrogen) atoms. The third kappa shape index (κ3) is 4.29. The quantitative estimate of drug-likeness (QED) is 0.540. The summed E-state index contributed by atoms with van der Waals surface area (Å²) in [5.74, 6) is 0.546. The molecule has 1 aliphatic heterocycles. The van der Waals surface area contributed by atoms with E-state index < -0.39 is 0 Å². The summed E-state index contributed by atoms with van der Waals surface area (Å²) in [5.41, 5.74) is 1.59. The molecule has 2 aromatic heterocycles. The summed E-state index contributed by atoms with van der Waals surface area (Å²) in [6.45, 7) is 0.499. The van der Waals surface area contributed by atoms with E-state index >= 15 is 0 Å². The lowest BCUT2D eigenvalue weighted by molar-refractivity contribution is -0.116. The number of rotatable bonds is 7. The van der Waals surface area contributed by atoms with Gasteiger partial charge in [0.25, 0.3) is 0 Å². The number of para-hydroxylation sites is 2. The van der Waals surface area contributed by atoms with Crippen LogP contribution in [-0.2, 0) is 4.79 Å². The molecule has 0 radical (unpaired) electrons. The Morgan fingerprint density at radius 2 is 2.07 bits per heavy atom. The summed E-state index contributed by atoms with van der Waals surface area (Å²) < 4.78 is 5.31. The van der Waals surface area contributed by atoms with Crippen LogP contribution in [0.4, 0.5) is 5.69 Å². The van der Waals surface area contributed by atoms with Gasteiger partial charge in [-0.3, -0.25) is 9.78 Å². The topological polar surface area (TPSA) is 66.5 Å². The molecule has 1 fully saturated rings. The minimum absolute atomic E-state index is 0.00791. The maximum Gasteiger partial charge on any atom is 0.226 e. The molecular formula is C22H22N4O2S2. The van der Waals surface area contributed by atoms with Crippen molar-refractivity contribution in [2.75, 3.05) is 19.0 Å². The largest absolute Gasteiger partial charge is 0.495 e. The summed E-state index contributed by atoms with van der Waals surface area (Å²) in [4.78, 5) is 20.4. The van der Waals surface area contributed by atoms with Gasteiger partial charge in [-0.1, -0.05) is 24.3 Å². The summed E-state index contributed by atoms with van der Waals surface area (Å²) in [6.07, 6.45) is 2.09. The van der Waals surface area contributed by atoms with E-state index in [4.69, 9.17) is 17.0 Å². The molecule has 3 heterocycles. The maximum absolute atomic E-state index is 12.6. The Hall–Kier alpha value is -2.97. The van der Waals surface area contributed by atoms with Gasteiger partial charge in [0.1, 0.15) is 5.75 Å². The first-order valence-electron chi connectivity index (χ1n) is 9.61. The molecule has 6 nitrogen and oxygen atoms in total. The van der Waals surface area contributed by atoms with Crippen molar-refractivity contribution in [1.82, 2.24) is 15.2 Å². The molecule has 8 heteroatoms. The third-order valence-electron chi connectivity index (χ3n) is 4.99. The van der Waals surface area contributed by atoms with E-state index in [9.17, 15) is 4.79 Å². The molecule has 0 bridgehead atoms. The van der Waals surface area contributed by atoms with Crippen LogP contribution in [0.2, 0.25) is 0 Å². The minimum atomic E-state index is -0.0893. The number of nitrogens with one attached hydrogen (secondary N) is 2. The Kier molecular flexibility index (Phi) is 6.25. The Morgan fingerprint density at radius 3 is 2.80 bits per heavy atom. The Labute approximate surface area is 184 Å². The zero-order valence-corrected chi connectivity index (χ0v) is 18.1. The van der Waals surface area contributed by atoms with Crippen molar-refractivity contribution in [1.29, 1.82) is 0 Å². The lowest BCUT2D eigenvalue weighted by Gasteiger charge is -2.26. The third-order valence-corrected chi connectivity index (χ3v) is 6.29. The summed E-state index contributed by atoms with van der Waals surface area (Å²) in [7, 11) is 1.59. The number of ether oxygens (including phenoxy) is 1. The van der Waals surface area contributed by atoms with Crippen molar-refractivity contribution in [2.24, 2.45) is 0 Å². The number of anilines is 1. The van der Waals surface area contributed by atoms with E-state index in [0.717, 1.165) is 5.69 Å².